The van der Waals surface area contributed by atoms with E-state index in [1.165, 1.54) is 11.0 Å². The number of unbranched alkanes of at least 4 members (excludes halogenated alkanes) is 1. The van der Waals surface area contributed by atoms with Gasteiger partial charge in [0.15, 0.2) is 0 Å². The summed E-state index contributed by atoms with van der Waals surface area (Å²) in [5.74, 6) is -1.23. The van der Waals surface area contributed by atoms with Gasteiger partial charge in [-0.3, -0.25) is 24.1 Å². The Labute approximate surface area is 194 Å². The maximum absolute atomic E-state index is 13.2. The maximum atomic E-state index is 13.2. The number of nitrogens with one attached hydrogen (secondary N) is 1. The van der Waals surface area contributed by atoms with Crippen LogP contribution in [0, 0.1) is 0 Å². The molecule has 8 heteroatoms. The highest BCUT2D eigenvalue weighted by Crippen LogP contribution is 2.27. The van der Waals surface area contributed by atoms with Gasteiger partial charge in [-0.25, -0.2) is 0 Å². The van der Waals surface area contributed by atoms with E-state index in [1.807, 2.05) is 19.1 Å². The van der Waals surface area contributed by atoms with E-state index >= 15 is 0 Å². The number of imide groups is 1. The van der Waals surface area contributed by atoms with Crippen molar-refractivity contribution in [1.82, 2.24) is 9.80 Å². The molecular formula is C24H24BrN3O4. The van der Waals surface area contributed by atoms with Crippen LogP contribution in [-0.4, -0.2) is 52.6 Å². The van der Waals surface area contributed by atoms with E-state index in [0.29, 0.717) is 36.3 Å². The van der Waals surface area contributed by atoms with Gasteiger partial charge in [0.05, 0.1) is 11.1 Å². The topological polar surface area (TPSA) is 86.8 Å². The first-order chi connectivity index (χ1) is 15.4. The van der Waals surface area contributed by atoms with Crippen molar-refractivity contribution in [3.8, 4) is 0 Å². The number of benzene rings is 2. The van der Waals surface area contributed by atoms with E-state index in [-0.39, 0.29) is 29.2 Å². The highest BCUT2D eigenvalue weighted by molar-refractivity contribution is 9.10. The zero-order chi connectivity index (χ0) is 22.8. The quantitative estimate of drug-likeness (QED) is 0.608. The van der Waals surface area contributed by atoms with Crippen molar-refractivity contribution in [3.05, 3.63) is 63.6 Å². The Balaban J connectivity index is 1.51. The summed E-state index contributed by atoms with van der Waals surface area (Å²) < 4.78 is 0.908. The number of fused-ring (bicyclic) bond motifs is 1. The molecule has 1 N–H and O–H groups in total. The summed E-state index contributed by atoms with van der Waals surface area (Å²) in [4.78, 5) is 54.1. The second kappa shape index (κ2) is 9.24. The van der Waals surface area contributed by atoms with Crippen LogP contribution in [0.1, 0.15) is 63.7 Å². The van der Waals surface area contributed by atoms with E-state index in [9.17, 15) is 19.2 Å². The molecule has 4 amide bonds. The smallest absolute Gasteiger partial charge is 0.261 e. The molecule has 32 heavy (non-hydrogen) atoms. The molecule has 2 heterocycles. The van der Waals surface area contributed by atoms with Crippen LogP contribution in [0.3, 0.4) is 0 Å². The van der Waals surface area contributed by atoms with Crippen LogP contribution in [0.25, 0.3) is 0 Å². The molecule has 0 spiro atoms. The van der Waals surface area contributed by atoms with Crippen molar-refractivity contribution < 1.29 is 19.2 Å². The van der Waals surface area contributed by atoms with E-state index < -0.39 is 6.04 Å². The summed E-state index contributed by atoms with van der Waals surface area (Å²) in [6, 6.07) is 11.3. The summed E-state index contributed by atoms with van der Waals surface area (Å²) in [6.45, 7) is 2.83. The normalized spacial score (nSPS) is 17.6. The van der Waals surface area contributed by atoms with Gasteiger partial charge >= 0.3 is 0 Å². The standard InChI is InChI=1S/C24H24BrN3O4/c1-2-3-12-28-23(31)18-11-6-15(14-19(18)24(28)32)22(30)27-13-4-5-20(27)21(29)26-17-9-7-16(25)8-10-17/h6-11,14,20H,2-5,12-13H2,1H3,(H,26,29)/t20-/m1/s1. The Kier molecular flexibility index (Phi) is 6.41. The van der Waals surface area contributed by atoms with Crippen LogP contribution < -0.4 is 5.32 Å². The van der Waals surface area contributed by atoms with Crippen LogP contribution in [0.5, 0.6) is 0 Å². The van der Waals surface area contributed by atoms with Gasteiger partial charge < -0.3 is 10.2 Å². The Morgan fingerprint density at radius 2 is 1.78 bits per heavy atom. The van der Waals surface area contributed by atoms with Gasteiger partial charge in [0.1, 0.15) is 6.04 Å². The van der Waals surface area contributed by atoms with Gasteiger partial charge in [-0.15, -0.1) is 0 Å². The number of amides is 4. The van der Waals surface area contributed by atoms with Crippen LogP contribution in [0.15, 0.2) is 46.9 Å². The SMILES string of the molecule is CCCCN1C(=O)c2ccc(C(=O)N3CCC[C@@H]3C(=O)Nc3ccc(Br)cc3)cc2C1=O. The van der Waals surface area contributed by atoms with E-state index in [1.54, 1.807) is 29.2 Å². The lowest BCUT2D eigenvalue weighted by molar-refractivity contribution is -0.119. The third-order valence-corrected chi connectivity index (χ3v) is 6.41. The number of carbonyl (C=O) groups is 4. The predicted molar refractivity (Wildman–Crippen MR) is 124 cm³/mol. The molecule has 7 nitrogen and oxygen atoms in total. The fraction of sp³-hybridized carbons (Fsp3) is 0.333. The molecule has 1 atom stereocenters. The Bertz CT molecular complexity index is 1080. The first kappa shape index (κ1) is 22.2. The van der Waals surface area contributed by atoms with Crippen molar-refractivity contribution in [2.75, 3.05) is 18.4 Å². The molecular weight excluding hydrogens is 474 g/mol. The Morgan fingerprint density at radius 1 is 1.06 bits per heavy atom. The number of carbonyl (C=O) groups excluding carboxylic acids is 4. The number of anilines is 1. The fourth-order valence-electron chi connectivity index (χ4n) is 4.15. The van der Waals surface area contributed by atoms with E-state index in [0.717, 1.165) is 23.7 Å². The summed E-state index contributed by atoms with van der Waals surface area (Å²) in [7, 11) is 0. The Morgan fingerprint density at radius 3 is 2.50 bits per heavy atom. The number of rotatable bonds is 6. The van der Waals surface area contributed by atoms with Gasteiger partial charge in [-0.1, -0.05) is 29.3 Å². The van der Waals surface area contributed by atoms with Gasteiger partial charge in [0.25, 0.3) is 17.7 Å². The number of likely N-dealkylation sites (tertiary alicyclic amines) is 1. The van der Waals surface area contributed by atoms with Crippen LogP contribution >= 0.6 is 15.9 Å². The number of hydrogen-bond donors (Lipinski definition) is 1. The third-order valence-electron chi connectivity index (χ3n) is 5.88. The molecule has 4 rings (SSSR count). The minimum Gasteiger partial charge on any atom is -0.327 e. The molecule has 0 unspecified atom stereocenters. The van der Waals surface area contributed by atoms with Crippen LogP contribution in [0.4, 0.5) is 5.69 Å². The largest absolute Gasteiger partial charge is 0.327 e. The van der Waals surface area contributed by atoms with Gasteiger partial charge in [-0.05, 0) is 61.7 Å². The summed E-state index contributed by atoms with van der Waals surface area (Å²) in [6.07, 6.45) is 2.90. The molecule has 0 bridgehead atoms. The summed E-state index contributed by atoms with van der Waals surface area (Å²) in [5.41, 5.74) is 1.55. The first-order valence-electron chi connectivity index (χ1n) is 10.8. The molecule has 2 aromatic carbocycles. The van der Waals surface area contributed by atoms with Crippen molar-refractivity contribution in [3.63, 3.8) is 0 Å². The maximum Gasteiger partial charge on any atom is 0.261 e. The molecule has 0 radical (unpaired) electrons. The average molecular weight is 498 g/mol. The van der Waals surface area contributed by atoms with Crippen molar-refractivity contribution >= 4 is 45.2 Å². The lowest BCUT2D eigenvalue weighted by Crippen LogP contribution is -2.43. The molecule has 0 saturated carbocycles. The minimum absolute atomic E-state index is 0.240. The van der Waals surface area contributed by atoms with Gasteiger partial charge in [0.2, 0.25) is 5.91 Å². The second-order valence-corrected chi connectivity index (χ2v) is 8.94. The zero-order valence-corrected chi connectivity index (χ0v) is 19.4. The van der Waals surface area contributed by atoms with Crippen molar-refractivity contribution in [2.45, 2.75) is 38.6 Å². The predicted octanol–water partition coefficient (Wildman–Crippen LogP) is 4.09. The fourth-order valence-corrected chi connectivity index (χ4v) is 4.41. The number of halogens is 1. The van der Waals surface area contributed by atoms with Gasteiger partial charge in [0, 0.05) is 28.8 Å². The van der Waals surface area contributed by atoms with Crippen LogP contribution in [-0.2, 0) is 4.79 Å². The lowest BCUT2D eigenvalue weighted by Gasteiger charge is -2.24. The monoisotopic (exact) mass is 497 g/mol. The second-order valence-electron chi connectivity index (χ2n) is 8.03. The third kappa shape index (κ3) is 4.19. The lowest BCUT2D eigenvalue weighted by atomic mass is 10.0. The van der Waals surface area contributed by atoms with Crippen molar-refractivity contribution in [2.24, 2.45) is 0 Å². The highest BCUT2D eigenvalue weighted by atomic mass is 79.9. The molecule has 166 valence electrons. The number of hydrogen-bond acceptors (Lipinski definition) is 4. The number of nitrogens with zero attached hydrogens (tertiary/aromatic N) is 2. The molecule has 1 saturated heterocycles. The van der Waals surface area contributed by atoms with Crippen LogP contribution in [0.2, 0.25) is 0 Å². The molecule has 1 fully saturated rings. The zero-order valence-electron chi connectivity index (χ0n) is 17.8. The molecule has 0 aromatic heterocycles. The van der Waals surface area contributed by atoms with Crippen molar-refractivity contribution in [1.29, 1.82) is 0 Å². The minimum atomic E-state index is -0.585. The highest BCUT2D eigenvalue weighted by Gasteiger charge is 2.38. The molecule has 2 aromatic rings. The molecule has 2 aliphatic heterocycles. The molecule has 2 aliphatic rings. The first-order valence-corrected chi connectivity index (χ1v) is 11.6. The summed E-state index contributed by atoms with van der Waals surface area (Å²) >= 11 is 3.36. The van der Waals surface area contributed by atoms with Gasteiger partial charge in [-0.2, -0.15) is 0 Å². The van der Waals surface area contributed by atoms with E-state index in [4.69, 9.17) is 0 Å². The Hall–Kier alpha value is -3.00. The molecule has 0 aliphatic carbocycles. The average Bonchev–Trinajstić information content (AvgIpc) is 3.37. The summed E-state index contributed by atoms with van der Waals surface area (Å²) in [5, 5.41) is 2.87. The van der Waals surface area contributed by atoms with E-state index in [2.05, 4.69) is 21.2 Å².